The van der Waals surface area contributed by atoms with Gasteiger partial charge in [-0.05, 0) is 54.5 Å². The summed E-state index contributed by atoms with van der Waals surface area (Å²) in [5.41, 5.74) is 3.75. The van der Waals surface area contributed by atoms with Gasteiger partial charge in [0, 0.05) is 43.3 Å². The van der Waals surface area contributed by atoms with Gasteiger partial charge in [-0.15, -0.1) is 0 Å². The summed E-state index contributed by atoms with van der Waals surface area (Å²) in [5.74, 6) is -1.77. The number of benzene rings is 3. The zero-order chi connectivity index (χ0) is 27.2. The fourth-order valence-corrected chi connectivity index (χ4v) is 5.68. The molecule has 5 rings (SSSR count). The van der Waals surface area contributed by atoms with Crippen LogP contribution in [0.25, 0.3) is 10.9 Å². The smallest absolute Gasteiger partial charge is 0.327 e. The summed E-state index contributed by atoms with van der Waals surface area (Å²) in [5, 5.41) is 0.765. The number of hydrogen-bond acceptors (Lipinski definition) is 3. The van der Waals surface area contributed by atoms with E-state index < -0.39 is 18.1 Å². The van der Waals surface area contributed by atoms with E-state index in [9.17, 15) is 18.0 Å². The second-order valence-electron chi connectivity index (χ2n) is 10.2. The van der Waals surface area contributed by atoms with Gasteiger partial charge < -0.3 is 4.90 Å². The van der Waals surface area contributed by atoms with Gasteiger partial charge in [0.25, 0.3) is 0 Å². The van der Waals surface area contributed by atoms with Gasteiger partial charge in [-0.1, -0.05) is 78.9 Å². The highest BCUT2D eigenvalue weighted by atomic mass is 19.4. The lowest BCUT2D eigenvalue weighted by Gasteiger charge is -2.44. The first-order chi connectivity index (χ1) is 18.9. The number of nitrogens with zero attached hydrogens (tertiary/aromatic N) is 3. The van der Waals surface area contributed by atoms with E-state index in [4.69, 9.17) is 0 Å². The molecule has 4 aromatic rings. The Bertz CT molecular complexity index is 1370. The number of alkyl halides is 3. The van der Waals surface area contributed by atoms with E-state index in [1.165, 1.54) is 5.56 Å². The topological polar surface area (TPSA) is 36.4 Å². The predicted molar refractivity (Wildman–Crippen MR) is 147 cm³/mol. The Hall–Kier alpha value is -3.71. The first kappa shape index (κ1) is 26.9. The maximum atomic E-state index is 13.9. The molecule has 1 aliphatic heterocycles. The molecule has 0 spiro atoms. The van der Waals surface area contributed by atoms with E-state index in [1.54, 1.807) is 12.3 Å². The van der Waals surface area contributed by atoms with Crippen molar-refractivity contribution < 1.29 is 18.0 Å². The van der Waals surface area contributed by atoms with Crippen molar-refractivity contribution in [2.24, 2.45) is 0 Å². The Morgan fingerprint density at radius 1 is 0.897 bits per heavy atom. The molecule has 1 saturated heterocycles. The molecular formula is C32H32F3N3O. The standard InChI is InChI=1S/C32H32F3N3O/c33-32(34,35)31(39)38(23-26-15-18-36-30-14-8-7-13-29(26)30)27-17-20-37(19-16-24-9-3-1-4-10-24)28(22-27)21-25-11-5-2-6-12-25/h1-15,18,27-28H,16-17,19-23H2/t27-,28+/m0/s1. The highest BCUT2D eigenvalue weighted by Crippen LogP contribution is 2.31. The lowest BCUT2D eigenvalue weighted by molar-refractivity contribution is -0.189. The van der Waals surface area contributed by atoms with Gasteiger partial charge in [0.15, 0.2) is 0 Å². The summed E-state index contributed by atoms with van der Waals surface area (Å²) in [6.07, 6.45) is -0.788. The van der Waals surface area contributed by atoms with Gasteiger partial charge in [-0.2, -0.15) is 13.2 Å². The number of carbonyl (C=O) groups is 1. The molecule has 1 amide bonds. The lowest BCUT2D eigenvalue weighted by atomic mass is 9.90. The molecule has 1 aromatic heterocycles. The SMILES string of the molecule is O=C(N(Cc1ccnc2ccccc12)[C@H]1CCN(CCc2ccccc2)[C@H](Cc2ccccc2)C1)C(F)(F)F. The van der Waals surface area contributed by atoms with Crippen LogP contribution in [0.5, 0.6) is 0 Å². The molecule has 0 N–H and O–H groups in total. The summed E-state index contributed by atoms with van der Waals surface area (Å²) in [6, 6.07) is 28.8. The average molecular weight is 532 g/mol. The number of para-hydroxylation sites is 1. The third kappa shape index (κ3) is 6.66. The molecule has 1 aliphatic rings. The Labute approximate surface area is 227 Å². The van der Waals surface area contributed by atoms with Gasteiger partial charge in [-0.3, -0.25) is 14.7 Å². The molecule has 202 valence electrons. The fourth-order valence-electron chi connectivity index (χ4n) is 5.68. The number of piperidine rings is 1. The number of halogens is 3. The Kier molecular flexibility index (Phi) is 8.27. The second kappa shape index (κ2) is 12.0. The van der Waals surface area contributed by atoms with Crippen molar-refractivity contribution in [3.8, 4) is 0 Å². The molecule has 4 nitrogen and oxygen atoms in total. The van der Waals surface area contributed by atoms with E-state index in [0.29, 0.717) is 30.5 Å². The van der Waals surface area contributed by atoms with Crippen LogP contribution in [0.15, 0.2) is 97.2 Å². The number of amides is 1. The number of aromatic nitrogens is 1. The molecule has 0 bridgehead atoms. The van der Waals surface area contributed by atoms with Crippen molar-refractivity contribution in [1.29, 1.82) is 0 Å². The molecule has 0 unspecified atom stereocenters. The monoisotopic (exact) mass is 531 g/mol. The quantitative estimate of drug-likeness (QED) is 0.262. The Balaban J connectivity index is 1.41. The average Bonchev–Trinajstić information content (AvgIpc) is 2.95. The number of rotatable bonds is 8. The number of hydrogen-bond donors (Lipinski definition) is 0. The minimum atomic E-state index is -4.94. The van der Waals surface area contributed by atoms with Crippen molar-refractivity contribution in [2.45, 2.75) is 50.5 Å². The van der Waals surface area contributed by atoms with E-state index in [0.717, 1.165) is 35.2 Å². The first-order valence-corrected chi connectivity index (χ1v) is 13.4. The van der Waals surface area contributed by atoms with E-state index in [1.807, 2.05) is 60.7 Å². The van der Waals surface area contributed by atoms with Crippen LogP contribution in [0.1, 0.15) is 29.5 Å². The lowest BCUT2D eigenvalue weighted by Crippen LogP contribution is -2.54. The normalized spacial score (nSPS) is 18.2. The van der Waals surface area contributed by atoms with Gasteiger partial charge >= 0.3 is 12.1 Å². The third-order valence-electron chi connectivity index (χ3n) is 7.68. The zero-order valence-corrected chi connectivity index (χ0v) is 21.7. The number of likely N-dealkylation sites (tertiary alicyclic amines) is 1. The van der Waals surface area contributed by atoms with Crippen molar-refractivity contribution in [3.05, 3.63) is 114 Å². The van der Waals surface area contributed by atoms with Crippen LogP contribution >= 0.6 is 0 Å². The number of fused-ring (bicyclic) bond motifs is 1. The minimum absolute atomic E-state index is 0.0209. The van der Waals surface area contributed by atoms with E-state index >= 15 is 0 Å². The third-order valence-corrected chi connectivity index (χ3v) is 7.68. The summed E-state index contributed by atoms with van der Waals surface area (Å²) >= 11 is 0. The van der Waals surface area contributed by atoms with E-state index in [2.05, 4.69) is 34.1 Å². The summed E-state index contributed by atoms with van der Waals surface area (Å²) in [4.78, 5) is 20.6. The number of pyridine rings is 1. The van der Waals surface area contributed by atoms with Gasteiger partial charge in [0.05, 0.1) is 5.52 Å². The largest absolute Gasteiger partial charge is 0.471 e. The molecular weight excluding hydrogens is 499 g/mol. The second-order valence-corrected chi connectivity index (χ2v) is 10.2. The molecule has 1 fully saturated rings. The van der Waals surface area contributed by atoms with Crippen molar-refractivity contribution in [1.82, 2.24) is 14.8 Å². The van der Waals surface area contributed by atoms with E-state index in [-0.39, 0.29) is 12.6 Å². The van der Waals surface area contributed by atoms with Gasteiger partial charge in [-0.25, -0.2) is 0 Å². The highest BCUT2D eigenvalue weighted by molar-refractivity contribution is 5.84. The van der Waals surface area contributed by atoms with Crippen molar-refractivity contribution in [3.63, 3.8) is 0 Å². The fraction of sp³-hybridized carbons (Fsp3) is 0.312. The van der Waals surface area contributed by atoms with Crippen LogP contribution in [-0.2, 0) is 24.2 Å². The van der Waals surface area contributed by atoms with Crippen LogP contribution in [0, 0.1) is 0 Å². The maximum absolute atomic E-state index is 13.9. The maximum Gasteiger partial charge on any atom is 0.471 e. The molecule has 2 atom stereocenters. The summed E-state index contributed by atoms with van der Waals surface area (Å²) in [7, 11) is 0. The minimum Gasteiger partial charge on any atom is -0.327 e. The Morgan fingerprint density at radius 3 is 2.28 bits per heavy atom. The molecule has 0 saturated carbocycles. The van der Waals surface area contributed by atoms with Crippen LogP contribution in [0.4, 0.5) is 13.2 Å². The van der Waals surface area contributed by atoms with Crippen molar-refractivity contribution in [2.75, 3.05) is 13.1 Å². The molecule has 3 aromatic carbocycles. The Morgan fingerprint density at radius 2 is 1.56 bits per heavy atom. The molecule has 7 heteroatoms. The van der Waals surface area contributed by atoms with Crippen molar-refractivity contribution >= 4 is 16.8 Å². The van der Waals surface area contributed by atoms with Gasteiger partial charge in [0.2, 0.25) is 0 Å². The first-order valence-electron chi connectivity index (χ1n) is 13.4. The van der Waals surface area contributed by atoms with Crippen LogP contribution in [-0.4, -0.2) is 52.0 Å². The number of carbonyl (C=O) groups excluding carboxylic acids is 1. The van der Waals surface area contributed by atoms with Crippen LogP contribution in [0.3, 0.4) is 0 Å². The predicted octanol–water partition coefficient (Wildman–Crippen LogP) is 6.44. The highest BCUT2D eigenvalue weighted by Gasteiger charge is 2.46. The zero-order valence-electron chi connectivity index (χ0n) is 21.7. The summed E-state index contributed by atoms with van der Waals surface area (Å²) < 4.78 is 41.7. The molecule has 2 heterocycles. The molecule has 0 aliphatic carbocycles. The van der Waals surface area contributed by atoms with Gasteiger partial charge in [0.1, 0.15) is 0 Å². The van der Waals surface area contributed by atoms with Crippen LogP contribution < -0.4 is 0 Å². The molecule has 39 heavy (non-hydrogen) atoms. The van der Waals surface area contributed by atoms with Crippen LogP contribution in [0.2, 0.25) is 0 Å². The molecule has 0 radical (unpaired) electrons. The summed E-state index contributed by atoms with van der Waals surface area (Å²) in [6.45, 7) is 1.35.